The highest BCUT2D eigenvalue weighted by Crippen LogP contribution is 2.26. The Labute approximate surface area is 118 Å². The average molecular weight is 273 g/mol. The van der Waals surface area contributed by atoms with Gasteiger partial charge in [-0.2, -0.15) is 0 Å². The Hall–Kier alpha value is -2.04. The summed E-state index contributed by atoms with van der Waals surface area (Å²) < 4.78 is 7.27. The van der Waals surface area contributed by atoms with Gasteiger partial charge in [-0.25, -0.2) is 4.98 Å². The number of hydrogen-bond donors (Lipinski definition) is 0. The zero-order valence-electron chi connectivity index (χ0n) is 11.9. The van der Waals surface area contributed by atoms with E-state index in [0.29, 0.717) is 11.6 Å². The second-order valence-corrected chi connectivity index (χ2v) is 5.35. The van der Waals surface area contributed by atoms with Crippen LogP contribution in [0, 0.1) is 13.8 Å². The molecule has 0 aromatic carbocycles. The Bertz CT molecular complexity index is 573. The van der Waals surface area contributed by atoms with E-state index in [2.05, 4.69) is 16.5 Å². The Balaban J connectivity index is 1.67. The fourth-order valence-corrected chi connectivity index (χ4v) is 3.01. The third kappa shape index (κ3) is 2.24. The lowest BCUT2D eigenvalue weighted by Gasteiger charge is -2.33. The van der Waals surface area contributed by atoms with E-state index in [1.165, 1.54) is 18.2 Å². The number of likely N-dealkylation sites (tertiary alicyclic amines) is 1. The molecule has 0 bridgehead atoms. The predicted octanol–water partition coefficient (Wildman–Crippen LogP) is 2.57. The third-order valence-corrected chi connectivity index (χ3v) is 4.05. The van der Waals surface area contributed by atoms with E-state index in [1.807, 2.05) is 18.0 Å². The third-order valence-electron chi connectivity index (χ3n) is 4.05. The molecule has 0 aliphatic carbocycles. The van der Waals surface area contributed by atoms with Crippen LogP contribution in [0.4, 0.5) is 0 Å². The Morgan fingerprint density at radius 3 is 2.65 bits per heavy atom. The van der Waals surface area contributed by atoms with Crippen molar-refractivity contribution >= 4 is 5.91 Å². The monoisotopic (exact) mass is 273 g/mol. The summed E-state index contributed by atoms with van der Waals surface area (Å²) in [6.07, 6.45) is 6.92. The van der Waals surface area contributed by atoms with Gasteiger partial charge in [0.1, 0.15) is 12.1 Å². The van der Waals surface area contributed by atoms with Crippen molar-refractivity contribution < 1.29 is 9.21 Å². The molecule has 5 heteroatoms. The molecule has 2 aromatic rings. The standard InChI is InChI=1S/C15H19N3O2/c1-11-9-16-12(2)18(11)14-3-6-17(7-4-14)15(19)13-5-8-20-10-13/h5,8-10,14H,3-4,6-7H2,1-2H3. The van der Waals surface area contributed by atoms with E-state index in [4.69, 9.17) is 4.42 Å². The van der Waals surface area contributed by atoms with Crippen molar-refractivity contribution in [3.05, 3.63) is 41.9 Å². The van der Waals surface area contributed by atoms with Gasteiger partial charge in [0.15, 0.2) is 0 Å². The van der Waals surface area contributed by atoms with E-state index < -0.39 is 0 Å². The van der Waals surface area contributed by atoms with E-state index >= 15 is 0 Å². The lowest BCUT2D eigenvalue weighted by atomic mass is 10.0. The Morgan fingerprint density at radius 2 is 2.10 bits per heavy atom. The molecule has 3 heterocycles. The molecular formula is C15H19N3O2. The number of hydrogen-bond acceptors (Lipinski definition) is 3. The molecule has 20 heavy (non-hydrogen) atoms. The molecule has 1 amide bonds. The number of carbonyl (C=O) groups is 1. The molecule has 5 nitrogen and oxygen atoms in total. The van der Waals surface area contributed by atoms with Crippen molar-refractivity contribution in [2.45, 2.75) is 32.7 Å². The van der Waals surface area contributed by atoms with Gasteiger partial charge in [-0.1, -0.05) is 0 Å². The summed E-state index contributed by atoms with van der Waals surface area (Å²) in [7, 11) is 0. The Morgan fingerprint density at radius 1 is 1.35 bits per heavy atom. The van der Waals surface area contributed by atoms with Crippen LogP contribution < -0.4 is 0 Å². The minimum absolute atomic E-state index is 0.0660. The molecule has 3 rings (SSSR count). The fraction of sp³-hybridized carbons (Fsp3) is 0.467. The van der Waals surface area contributed by atoms with Crippen molar-refractivity contribution in [2.24, 2.45) is 0 Å². The highest BCUT2D eigenvalue weighted by Gasteiger charge is 2.26. The number of aromatic nitrogens is 2. The number of aryl methyl sites for hydroxylation is 2. The molecule has 0 atom stereocenters. The molecule has 1 aliphatic rings. The molecule has 106 valence electrons. The molecule has 2 aromatic heterocycles. The Kier molecular flexibility index (Phi) is 3.34. The van der Waals surface area contributed by atoms with E-state index in [9.17, 15) is 4.79 Å². The van der Waals surface area contributed by atoms with Gasteiger partial charge in [0.25, 0.3) is 5.91 Å². The van der Waals surface area contributed by atoms with Crippen LogP contribution in [-0.2, 0) is 0 Å². The van der Waals surface area contributed by atoms with Gasteiger partial charge in [0.05, 0.1) is 11.8 Å². The van der Waals surface area contributed by atoms with Crippen LogP contribution in [0.2, 0.25) is 0 Å². The summed E-state index contributed by atoms with van der Waals surface area (Å²) in [5, 5.41) is 0. The average Bonchev–Trinajstić information content (AvgIpc) is 3.09. The number of nitrogens with zero attached hydrogens (tertiary/aromatic N) is 3. The molecule has 0 radical (unpaired) electrons. The number of imidazole rings is 1. The lowest BCUT2D eigenvalue weighted by molar-refractivity contribution is 0.0692. The summed E-state index contributed by atoms with van der Waals surface area (Å²) in [5.74, 6) is 1.12. The van der Waals surface area contributed by atoms with Gasteiger partial charge in [0.2, 0.25) is 0 Å². The minimum atomic E-state index is 0.0660. The summed E-state index contributed by atoms with van der Waals surface area (Å²) in [6, 6.07) is 2.17. The first-order valence-electron chi connectivity index (χ1n) is 6.98. The first-order chi connectivity index (χ1) is 9.66. The van der Waals surface area contributed by atoms with Gasteiger partial charge in [-0.15, -0.1) is 0 Å². The number of piperidine rings is 1. The van der Waals surface area contributed by atoms with Crippen molar-refractivity contribution in [3.63, 3.8) is 0 Å². The SMILES string of the molecule is Cc1cnc(C)n1C1CCN(C(=O)c2ccoc2)CC1. The number of carbonyl (C=O) groups excluding carboxylic acids is 1. The van der Waals surface area contributed by atoms with Crippen LogP contribution in [0.15, 0.2) is 29.2 Å². The number of furan rings is 1. The highest BCUT2D eigenvalue weighted by atomic mass is 16.3. The van der Waals surface area contributed by atoms with E-state index in [-0.39, 0.29) is 5.91 Å². The largest absolute Gasteiger partial charge is 0.472 e. The zero-order valence-corrected chi connectivity index (χ0v) is 11.9. The van der Waals surface area contributed by atoms with Gasteiger partial charge < -0.3 is 13.9 Å². The first-order valence-corrected chi connectivity index (χ1v) is 6.98. The van der Waals surface area contributed by atoms with Crippen LogP contribution in [0.25, 0.3) is 0 Å². The summed E-state index contributed by atoms with van der Waals surface area (Å²) in [6.45, 7) is 5.69. The van der Waals surface area contributed by atoms with Crippen molar-refractivity contribution in [3.8, 4) is 0 Å². The molecule has 0 unspecified atom stereocenters. The second-order valence-electron chi connectivity index (χ2n) is 5.35. The second kappa shape index (κ2) is 5.15. The molecule has 0 spiro atoms. The number of amides is 1. The summed E-state index contributed by atoms with van der Waals surface area (Å²) in [5.41, 5.74) is 1.83. The van der Waals surface area contributed by atoms with Crippen molar-refractivity contribution in [1.29, 1.82) is 0 Å². The van der Waals surface area contributed by atoms with Gasteiger partial charge in [-0.05, 0) is 32.8 Å². The molecule has 0 saturated carbocycles. The van der Waals surface area contributed by atoms with Gasteiger partial charge in [0, 0.05) is 31.0 Å². The molecule has 1 fully saturated rings. The van der Waals surface area contributed by atoms with Crippen LogP contribution in [0.3, 0.4) is 0 Å². The lowest BCUT2D eigenvalue weighted by Crippen LogP contribution is -2.39. The van der Waals surface area contributed by atoms with E-state index in [1.54, 1.807) is 6.07 Å². The topological polar surface area (TPSA) is 51.3 Å². The smallest absolute Gasteiger partial charge is 0.257 e. The maximum atomic E-state index is 12.2. The highest BCUT2D eigenvalue weighted by molar-refractivity contribution is 5.93. The van der Waals surface area contributed by atoms with Gasteiger partial charge >= 0.3 is 0 Å². The maximum absolute atomic E-state index is 12.2. The van der Waals surface area contributed by atoms with E-state index in [0.717, 1.165) is 31.8 Å². The van der Waals surface area contributed by atoms with Crippen molar-refractivity contribution in [2.75, 3.05) is 13.1 Å². The fourth-order valence-electron chi connectivity index (χ4n) is 3.01. The van der Waals surface area contributed by atoms with Crippen LogP contribution in [0.1, 0.15) is 40.8 Å². The number of rotatable bonds is 2. The molecular weight excluding hydrogens is 254 g/mol. The quantitative estimate of drug-likeness (QED) is 0.845. The van der Waals surface area contributed by atoms with Crippen LogP contribution in [0.5, 0.6) is 0 Å². The zero-order chi connectivity index (χ0) is 14.1. The maximum Gasteiger partial charge on any atom is 0.257 e. The molecule has 1 saturated heterocycles. The van der Waals surface area contributed by atoms with Gasteiger partial charge in [-0.3, -0.25) is 4.79 Å². The van der Waals surface area contributed by atoms with Crippen LogP contribution in [-0.4, -0.2) is 33.4 Å². The van der Waals surface area contributed by atoms with Crippen molar-refractivity contribution in [1.82, 2.24) is 14.5 Å². The minimum Gasteiger partial charge on any atom is -0.472 e. The first kappa shape index (κ1) is 13.0. The van der Waals surface area contributed by atoms with Crippen LogP contribution >= 0.6 is 0 Å². The predicted molar refractivity (Wildman–Crippen MR) is 74.6 cm³/mol. The summed E-state index contributed by atoms with van der Waals surface area (Å²) >= 11 is 0. The summed E-state index contributed by atoms with van der Waals surface area (Å²) in [4.78, 5) is 18.5. The molecule has 0 N–H and O–H groups in total. The normalized spacial score (nSPS) is 16.6. The molecule has 1 aliphatic heterocycles.